The average Bonchev–Trinajstić information content (AvgIpc) is 2.60. The van der Waals surface area contributed by atoms with E-state index in [1.807, 2.05) is 6.92 Å². The third-order valence-electron chi connectivity index (χ3n) is 4.02. The highest BCUT2D eigenvalue weighted by atomic mass is 32.2. The third kappa shape index (κ3) is 3.99. The lowest BCUT2D eigenvalue weighted by Gasteiger charge is -2.34. The summed E-state index contributed by atoms with van der Waals surface area (Å²) in [5, 5.41) is 0. The number of hydrogen-bond acceptors (Lipinski definition) is 5. The van der Waals surface area contributed by atoms with E-state index >= 15 is 0 Å². The van der Waals surface area contributed by atoms with E-state index in [0.29, 0.717) is 49.7 Å². The fourth-order valence-corrected chi connectivity index (χ4v) is 4.20. The van der Waals surface area contributed by atoms with E-state index in [4.69, 9.17) is 9.47 Å². The molecule has 7 nitrogen and oxygen atoms in total. The molecule has 1 heterocycles. The Kier molecular flexibility index (Phi) is 6.06. The zero-order valence-electron chi connectivity index (χ0n) is 14.3. The summed E-state index contributed by atoms with van der Waals surface area (Å²) in [6.45, 7) is 3.21. The first kappa shape index (κ1) is 18.5. The molecule has 0 bridgehead atoms. The number of carbonyl (C=O) groups excluding carboxylic acids is 1. The van der Waals surface area contributed by atoms with Crippen molar-refractivity contribution in [1.29, 1.82) is 0 Å². The summed E-state index contributed by atoms with van der Waals surface area (Å²) in [6, 6.07) is 5.06. The van der Waals surface area contributed by atoms with Crippen LogP contribution in [0, 0.1) is 0 Å². The molecule has 24 heavy (non-hydrogen) atoms. The number of nitrogens with zero attached hydrogens (tertiary/aromatic N) is 2. The molecule has 1 aliphatic rings. The molecule has 1 saturated heterocycles. The van der Waals surface area contributed by atoms with Crippen molar-refractivity contribution in [1.82, 2.24) is 9.21 Å². The van der Waals surface area contributed by atoms with Crippen LogP contribution in [-0.4, -0.2) is 69.7 Å². The third-order valence-corrected chi connectivity index (χ3v) is 6.09. The SMILES string of the molecule is CCCS(=O)(=O)N1CCN(C(=O)c2cc(OC)ccc2OC)CC1. The van der Waals surface area contributed by atoms with E-state index in [9.17, 15) is 13.2 Å². The van der Waals surface area contributed by atoms with Gasteiger partial charge in [-0.1, -0.05) is 6.92 Å². The Morgan fingerprint density at radius 2 is 1.79 bits per heavy atom. The van der Waals surface area contributed by atoms with Crippen LogP contribution in [0.25, 0.3) is 0 Å². The van der Waals surface area contributed by atoms with Crippen LogP contribution in [0.3, 0.4) is 0 Å². The maximum absolute atomic E-state index is 12.8. The maximum atomic E-state index is 12.8. The van der Waals surface area contributed by atoms with Crippen molar-refractivity contribution in [2.75, 3.05) is 46.2 Å². The predicted octanol–water partition coefficient (Wildman–Crippen LogP) is 1.20. The molecular formula is C16H24N2O5S. The number of hydrogen-bond donors (Lipinski definition) is 0. The second kappa shape index (κ2) is 7.85. The van der Waals surface area contributed by atoms with Crippen molar-refractivity contribution in [2.24, 2.45) is 0 Å². The Morgan fingerprint density at radius 3 is 2.33 bits per heavy atom. The first-order valence-corrected chi connectivity index (χ1v) is 9.53. The van der Waals surface area contributed by atoms with Gasteiger partial charge in [0.2, 0.25) is 10.0 Å². The Labute approximate surface area is 143 Å². The van der Waals surface area contributed by atoms with Gasteiger partial charge in [-0.15, -0.1) is 0 Å². The van der Waals surface area contributed by atoms with Gasteiger partial charge in [0.1, 0.15) is 11.5 Å². The second-order valence-corrected chi connectivity index (χ2v) is 7.66. The van der Waals surface area contributed by atoms with Crippen molar-refractivity contribution in [2.45, 2.75) is 13.3 Å². The molecule has 1 aliphatic heterocycles. The zero-order chi connectivity index (χ0) is 17.7. The number of amides is 1. The quantitative estimate of drug-likeness (QED) is 0.766. The van der Waals surface area contributed by atoms with E-state index in [-0.39, 0.29) is 11.7 Å². The van der Waals surface area contributed by atoms with Gasteiger partial charge in [0, 0.05) is 26.2 Å². The summed E-state index contributed by atoms with van der Waals surface area (Å²) in [5.74, 6) is 1.01. The number of carbonyl (C=O) groups is 1. The van der Waals surface area contributed by atoms with Gasteiger partial charge in [0.15, 0.2) is 0 Å². The molecule has 0 unspecified atom stereocenters. The summed E-state index contributed by atoms with van der Waals surface area (Å²) in [7, 11) is -0.177. The lowest BCUT2D eigenvalue weighted by molar-refractivity contribution is 0.0694. The van der Waals surface area contributed by atoms with Crippen molar-refractivity contribution in [3.8, 4) is 11.5 Å². The van der Waals surface area contributed by atoms with Gasteiger partial charge in [-0.2, -0.15) is 4.31 Å². The largest absolute Gasteiger partial charge is 0.497 e. The molecule has 0 spiro atoms. The number of methoxy groups -OCH3 is 2. The molecule has 8 heteroatoms. The number of ether oxygens (including phenoxy) is 2. The number of piperazine rings is 1. The summed E-state index contributed by atoms with van der Waals surface area (Å²) >= 11 is 0. The normalized spacial score (nSPS) is 16.0. The minimum absolute atomic E-state index is 0.144. The highest BCUT2D eigenvalue weighted by molar-refractivity contribution is 7.89. The number of rotatable bonds is 6. The van der Waals surface area contributed by atoms with Gasteiger partial charge >= 0.3 is 0 Å². The van der Waals surface area contributed by atoms with Crippen LogP contribution in [0.15, 0.2) is 18.2 Å². The summed E-state index contributed by atoms with van der Waals surface area (Å²) in [5.41, 5.74) is 0.418. The Balaban J connectivity index is 2.11. The molecule has 1 aromatic carbocycles. The lowest BCUT2D eigenvalue weighted by Crippen LogP contribution is -2.51. The Hall–Kier alpha value is -1.80. The van der Waals surface area contributed by atoms with Crippen LogP contribution in [0.4, 0.5) is 0 Å². The molecule has 0 aromatic heterocycles. The first-order chi connectivity index (χ1) is 11.4. The summed E-state index contributed by atoms with van der Waals surface area (Å²) < 4.78 is 36.1. The highest BCUT2D eigenvalue weighted by Crippen LogP contribution is 2.26. The Morgan fingerprint density at radius 1 is 1.12 bits per heavy atom. The van der Waals surface area contributed by atoms with Crippen LogP contribution in [0.1, 0.15) is 23.7 Å². The molecule has 0 atom stereocenters. The minimum Gasteiger partial charge on any atom is -0.497 e. The van der Waals surface area contributed by atoms with Crippen molar-refractivity contribution < 1.29 is 22.7 Å². The monoisotopic (exact) mass is 356 g/mol. The molecule has 1 amide bonds. The van der Waals surface area contributed by atoms with E-state index < -0.39 is 10.0 Å². The lowest BCUT2D eigenvalue weighted by atomic mass is 10.1. The van der Waals surface area contributed by atoms with Crippen molar-refractivity contribution in [3.63, 3.8) is 0 Å². The standard InChI is InChI=1S/C16H24N2O5S/c1-4-11-24(20,21)18-9-7-17(8-10-18)16(19)14-12-13(22-2)5-6-15(14)23-3/h5-6,12H,4,7-11H2,1-3H3. The van der Waals surface area contributed by atoms with Crippen molar-refractivity contribution in [3.05, 3.63) is 23.8 Å². The van der Waals surface area contributed by atoms with Crippen LogP contribution in [0.2, 0.25) is 0 Å². The van der Waals surface area contributed by atoms with Crippen LogP contribution >= 0.6 is 0 Å². The van der Waals surface area contributed by atoms with Crippen LogP contribution in [0.5, 0.6) is 11.5 Å². The zero-order valence-corrected chi connectivity index (χ0v) is 15.1. The average molecular weight is 356 g/mol. The van der Waals surface area contributed by atoms with E-state index in [2.05, 4.69) is 0 Å². The summed E-state index contributed by atoms with van der Waals surface area (Å²) in [4.78, 5) is 14.4. The van der Waals surface area contributed by atoms with Crippen molar-refractivity contribution >= 4 is 15.9 Å². The smallest absolute Gasteiger partial charge is 0.257 e. The molecule has 1 aromatic rings. The van der Waals surface area contributed by atoms with E-state index in [1.165, 1.54) is 18.5 Å². The minimum atomic E-state index is -3.22. The predicted molar refractivity (Wildman–Crippen MR) is 91.1 cm³/mol. The van der Waals surface area contributed by atoms with E-state index in [0.717, 1.165) is 0 Å². The molecule has 0 saturated carbocycles. The fraction of sp³-hybridized carbons (Fsp3) is 0.562. The van der Waals surface area contributed by atoms with Crippen LogP contribution in [-0.2, 0) is 10.0 Å². The van der Waals surface area contributed by atoms with Gasteiger partial charge in [-0.05, 0) is 24.6 Å². The summed E-state index contributed by atoms with van der Waals surface area (Å²) in [6.07, 6.45) is 0.586. The van der Waals surface area contributed by atoms with Gasteiger partial charge in [0.05, 0.1) is 25.5 Å². The molecule has 0 N–H and O–H groups in total. The first-order valence-electron chi connectivity index (χ1n) is 7.92. The molecule has 0 aliphatic carbocycles. The Bertz CT molecular complexity index is 682. The number of benzene rings is 1. The number of sulfonamides is 1. The topological polar surface area (TPSA) is 76.2 Å². The molecular weight excluding hydrogens is 332 g/mol. The van der Waals surface area contributed by atoms with Gasteiger partial charge in [-0.3, -0.25) is 4.79 Å². The molecule has 134 valence electrons. The highest BCUT2D eigenvalue weighted by Gasteiger charge is 2.29. The van der Waals surface area contributed by atoms with Gasteiger partial charge in [0.25, 0.3) is 5.91 Å². The van der Waals surface area contributed by atoms with Gasteiger partial charge in [-0.25, -0.2) is 8.42 Å². The fourth-order valence-electron chi connectivity index (χ4n) is 2.71. The molecule has 0 radical (unpaired) electrons. The molecule has 1 fully saturated rings. The maximum Gasteiger partial charge on any atom is 0.257 e. The molecule has 2 rings (SSSR count). The van der Waals surface area contributed by atoms with Gasteiger partial charge < -0.3 is 14.4 Å². The van der Waals surface area contributed by atoms with Crippen LogP contribution < -0.4 is 9.47 Å². The second-order valence-electron chi connectivity index (χ2n) is 5.57. The van der Waals surface area contributed by atoms with E-state index in [1.54, 1.807) is 23.1 Å².